The molecular formula is C14H11BrN2O3. The number of amides is 2. The summed E-state index contributed by atoms with van der Waals surface area (Å²) in [4.78, 5) is 35.5. The molecule has 1 N–H and O–H groups in total. The first kappa shape index (κ1) is 13.1. The first-order valence-electron chi connectivity index (χ1n) is 6.21. The van der Waals surface area contributed by atoms with Crippen LogP contribution in [0.15, 0.2) is 39.7 Å². The van der Waals surface area contributed by atoms with E-state index in [4.69, 9.17) is 0 Å². The van der Waals surface area contributed by atoms with Gasteiger partial charge in [-0.15, -0.1) is 0 Å². The summed E-state index contributed by atoms with van der Waals surface area (Å²) < 4.78 is 2.24. The number of nitrogens with zero attached hydrogens (tertiary/aromatic N) is 1. The van der Waals surface area contributed by atoms with Crippen LogP contribution in [0.4, 0.5) is 0 Å². The number of piperidine rings is 1. The van der Waals surface area contributed by atoms with Gasteiger partial charge in [0.1, 0.15) is 6.04 Å². The maximum absolute atomic E-state index is 12.5. The van der Waals surface area contributed by atoms with Crippen LogP contribution in [0.5, 0.6) is 0 Å². The zero-order valence-corrected chi connectivity index (χ0v) is 12.0. The molecule has 2 aromatic rings. The van der Waals surface area contributed by atoms with Gasteiger partial charge in [0.2, 0.25) is 11.8 Å². The maximum Gasteiger partial charge on any atom is 0.259 e. The Morgan fingerprint density at radius 3 is 2.70 bits per heavy atom. The topological polar surface area (TPSA) is 68.2 Å². The zero-order chi connectivity index (χ0) is 14.3. The van der Waals surface area contributed by atoms with Gasteiger partial charge in [-0.25, -0.2) is 0 Å². The van der Waals surface area contributed by atoms with E-state index in [1.807, 2.05) is 6.07 Å². The lowest BCUT2D eigenvalue weighted by Crippen LogP contribution is -2.44. The second-order valence-electron chi connectivity index (χ2n) is 4.70. The fraction of sp³-hybridized carbons (Fsp3) is 0.214. The normalized spacial score (nSPS) is 19.1. The second-order valence-corrected chi connectivity index (χ2v) is 5.55. The van der Waals surface area contributed by atoms with Gasteiger partial charge in [0.15, 0.2) is 0 Å². The molecule has 2 heterocycles. The molecule has 0 radical (unpaired) electrons. The van der Waals surface area contributed by atoms with Crippen LogP contribution in [0.1, 0.15) is 18.9 Å². The van der Waals surface area contributed by atoms with Gasteiger partial charge in [-0.3, -0.25) is 19.7 Å². The standard InChI is InChI=1S/C14H11BrN2O3/c15-10-3-1-2-9-8(10)6-7-17(14(9)20)11-4-5-12(18)16-13(11)19/h1-3,6-7,11H,4-5H2,(H,16,18,19). The summed E-state index contributed by atoms with van der Waals surface area (Å²) in [5.41, 5.74) is -0.224. The lowest BCUT2D eigenvalue weighted by Gasteiger charge is -2.23. The molecule has 5 nitrogen and oxygen atoms in total. The van der Waals surface area contributed by atoms with Crippen molar-refractivity contribution in [2.75, 3.05) is 0 Å². The summed E-state index contributed by atoms with van der Waals surface area (Å²) in [5, 5.41) is 3.62. The Kier molecular flexibility index (Phi) is 3.17. The monoisotopic (exact) mass is 334 g/mol. The fourth-order valence-electron chi connectivity index (χ4n) is 2.45. The van der Waals surface area contributed by atoms with Crippen molar-refractivity contribution in [3.05, 3.63) is 45.3 Å². The van der Waals surface area contributed by atoms with Crippen LogP contribution < -0.4 is 10.9 Å². The number of nitrogens with one attached hydrogen (secondary N) is 1. The van der Waals surface area contributed by atoms with E-state index < -0.39 is 11.9 Å². The Labute approximate surface area is 122 Å². The van der Waals surface area contributed by atoms with Gasteiger partial charge in [0.25, 0.3) is 5.56 Å². The minimum absolute atomic E-state index is 0.224. The van der Waals surface area contributed by atoms with Gasteiger partial charge in [0.05, 0.1) is 0 Å². The van der Waals surface area contributed by atoms with Crippen LogP contribution in [-0.4, -0.2) is 16.4 Å². The molecule has 1 fully saturated rings. The highest BCUT2D eigenvalue weighted by atomic mass is 79.9. The van der Waals surface area contributed by atoms with Gasteiger partial charge >= 0.3 is 0 Å². The molecule has 6 heteroatoms. The molecule has 20 heavy (non-hydrogen) atoms. The third-order valence-electron chi connectivity index (χ3n) is 3.47. The number of hydrogen-bond acceptors (Lipinski definition) is 3. The lowest BCUT2D eigenvalue weighted by molar-refractivity contribution is -0.135. The predicted octanol–water partition coefficient (Wildman–Crippen LogP) is 1.74. The van der Waals surface area contributed by atoms with E-state index >= 15 is 0 Å². The first-order valence-corrected chi connectivity index (χ1v) is 7.00. The number of benzene rings is 1. The van der Waals surface area contributed by atoms with Gasteiger partial charge in [-0.1, -0.05) is 22.0 Å². The van der Waals surface area contributed by atoms with Crippen molar-refractivity contribution >= 4 is 38.5 Å². The summed E-state index contributed by atoms with van der Waals surface area (Å²) in [6.07, 6.45) is 2.21. The number of aromatic nitrogens is 1. The van der Waals surface area contributed by atoms with Crippen molar-refractivity contribution < 1.29 is 9.59 Å². The van der Waals surface area contributed by atoms with E-state index in [1.54, 1.807) is 24.4 Å². The molecule has 0 aliphatic carbocycles. The molecule has 1 unspecified atom stereocenters. The van der Waals surface area contributed by atoms with Gasteiger partial charge in [0, 0.05) is 27.9 Å². The molecule has 1 atom stereocenters. The molecule has 3 rings (SSSR count). The Balaban J connectivity index is 2.14. The van der Waals surface area contributed by atoms with Crippen LogP contribution in [0.2, 0.25) is 0 Å². The Morgan fingerprint density at radius 1 is 1.15 bits per heavy atom. The Morgan fingerprint density at radius 2 is 1.95 bits per heavy atom. The number of fused-ring (bicyclic) bond motifs is 1. The number of hydrogen-bond donors (Lipinski definition) is 1. The molecule has 102 valence electrons. The maximum atomic E-state index is 12.5. The summed E-state index contributed by atoms with van der Waals surface area (Å²) in [6.45, 7) is 0. The minimum Gasteiger partial charge on any atom is -0.302 e. The molecule has 1 aromatic heterocycles. The number of carbonyl (C=O) groups excluding carboxylic acids is 2. The average Bonchev–Trinajstić information content (AvgIpc) is 2.41. The number of carbonyl (C=O) groups is 2. The largest absolute Gasteiger partial charge is 0.302 e. The van der Waals surface area contributed by atoms with Crippen molar-refractivity contribution in [1.82, 2.24) is 9.88 Å². The van der Waals surface area contributed by atoms with E-state index in [-0.39, 0.29) is 17.9 Å². The number of rotatable bonds is 1. The lowest BCUT2D eigenvalue weighted by atomic mass is 10.1. The number of halogens is 1. The van der Waals surface area contributed by atoms with Crippen molar-refractivity contribution in [3.63, 3.8) is 0 Å². The Bertz CT molecular complexity index is 782. The highest BCUT2D eigenvalue weighted by Gasteiger charge is 2.28. The molecule has 0 bridgehead atoms. The van der Waals surface area contributed by atoms with Crippen LogP contribution in [-0.2, 0) is 9.59 Å². The smallest absolute Gasteiger partial charge is 0.259 e. The van der Waals surface area contributed by atoms with Crippen molar-refractivity contribution in [2.24, 2.45) is 0 Å². The van der Waals surface area contributed by atoms with Crippen LogP contribution >= 0.6 is 15.9 Å². The molecular weight excluding hydrogens is 324 g/mol. The zero-order valence-electron chi connectivity index (χ0n) is 10.4. The number of pyridine rings is 1. The Hall–Kier alpha value is -1.95. The van der Waals surface area contributed by atoms with E-state index in [0.717, 1.165) is 9.86 Å². The molecule has 1 saturated heterocycles. The van der Waals surface area contributed by atoms with Crippen LogP contribution in [0.3, 0.4) is 0 Å². The third-order valence-corrected chi connectivity index (χ3v) is 4.16. The van der Waals surface area contributed by atoms with E-state index in [0.29, 0.717) is 11.8 Å². The molecule has 0 spiro atoms. The van der Waals surface area contributed by atoms with Gasteiger partial charge < -0.3 is 4.57 Å². The highest BCUT2D eigenvalue weighted by Crippen LogP contribution is 2.23. The quantitative estimate of drug-likeness (QED) is 0.807. The average molecular weight is 335 g/mol. The molecule has 0 saturated carbocycles. The van der Waals surface area contributed by atoms with Crippen LogP contribution in [0.25, 0.3) is 10.8 Å². The fourth-order valence-corrected chi connectivity index (χ4v) is 2.95. The highest BCUT2D eigenvalue weighted by molar-refractivity contribution is 9.10. The van der Waals surface area contributed by atoms with Gasteiger partial charge in [-0.05, 0) is 24.6 Å². The minimum atomic E-state index is -0.622. The van der Waals surface area contributed by atoms with Crippen LogP contribution in [0, 0.1) is 0 Å². The molecule has 2 amide bonds. The summed E-state index contributed by atoms with van der Waals surface area (Å²) >= 11 is 3.40. The number of imide groups is 1. The molecule has 1 aliphatic rings. The van der Waals surface area contributed by atoms with E-state index in [1.165, 1.54) is 4.57 Å². The van der Waals surface area contributed by atoms with E-state index in [2.05, 4.69) is 21.2 Å². The van der Waals surface area contributed by atoms with Crippen molar-refractivity contribution in [3.8, 4) is 0 Å². The summed E-state index contributed by atoms with van der Waals surface area (Å²) in [5.74, 6) is -0.708. The molecule has 1 aromatic carbocycles. The SMILES string of the molecule is O=C1CCC(n2ccc3c(Br)cccc3c2=O)C(=O)N1. The predicted molar refractivity (Wildman–Crippen MR) is 77.3 cm³/mol. The molecule has 1 aliphatic heterocycles. The summed E-state index contributed by atoms with van der Waals surface area (Å²) in [7, 11) is 0. The van der Waals surface area contributed by atoms with Crippen molar-refractivity contribution in [1.29, 1.82) is 0 Å². The second kappa shape index (κ2) is 4.86. The summed E-state index contributed by atoms with van der Waals surface area (Å²) in [6, 6.07) is 6.54. The third kappa shape index (κ3) is 2.06. The van der Waals surface area contributed by atoms with Gasteiger partial charge in [-0.2, -0.15) is 0 Å². The van der Waals surface area contributed by atoms with E-state index in [9.17, 15) is 14.4 Å². The first-order chi connectivity index (χ1) is 9.58. The van der Waals surface area contributed by atoms with Crippen molar-refractivity contribution in [2.45, 2.75) is 18.9 Å².